The fraction of sp³-hybridized carbons (Fsp3) is 0.786. The van der Waals surface area contributed by atoms with E-state index in [1.165, 1.54) is 12.0 Å². The number of ether oxygens (including phenoxy) is 3. The third-order valence-corrected chi connectivity index (χ3v) is 6.56. The molecule has 2 N–H and O–H groups in total. The van der Waals surface area contributed by atoms with Crippen LogP contribution in [0, 0.1) is 11.8 Å². The van der Waals surface area contributed by atoms with Gasteiger partial charge >= 0.3 is 12.1 Å². The Balaban J connectivity index is 3.22. The van der Waals surface area contributed by atoms with Gasteiger partial charge in [0.05, 0.1) is 13.7 Å². The van der Waals surface area contributed by atoms with Gasteiger partial charge in [0.2, 0.25) is 5.91 Å². The van der Waals surface area contributed by atoms with E-state index >= 15 is 0 Å². The minimum atomic E-state index is -1.24. The van der Waals surface area contributed by atoms with Gasteiger partial charge in [0.15, 0.2) is 6.04 Å². The van der Waals surface area contributed by atoms with Gasteiger partial charge in [-0.1, -0.05) is 53.0 Å². The summed E-state index contributed by atoms with van der Waals surface area (Å²) in [5, 5.41) is 5.41. The second-order valence-corrected chi connectivity index (χ2v) is 11.1. The van der Waals surface area contributed by atoms with Crippen LogP contribution in [0.3, 0.4) is 0 Å². The van der Waals surface area contributed by atoms with Crippen molar-refractivity contribution in [2.45, 2.75) is 111 Å². The lowest BCUT2D eigenvalue weighted by Crippen LogP contribution is -2.57. The van der Waals surface area contributed by atoms with Gasteiger partial charge < -0.3 is 29.7 Å². The monoisotopic (exact) mass is 539 g/mol. The van der Waals surface area contributed by atoms with Crippen molar-refractivity contribution in [1.29, 1.82) is 0 Å². The Hall–Kier alpha value is -2.78. The maximum Gasteiger partial charge on any atom is 0.408 e. The fourth-order valence-electron chi connectivity index (χ4n) is 4.66. The number of esters is 1. The highest BCUT2D eigenvalue weighted by atomic mass is 16.6. The Kier molecular flexibility index (Phi) is 13.6. The predicted octanol–water partition coefficient (Wildman–Crippen LogP) is 3.93. The van der Waals surface area contributed by atoms with Crippen molar-refractivity contribution in [2.75, 3.05) is 20.3 Å². The van der Waals surface area contributed by atoms with Gasteiger partial charge in [0.25, 0.3) is 5.91 Å². The first-order valence-electron chi connectivity index (χ1n) is 13.8. The highest BCUT2D eigenvalue weighted by molar-refractivity contribution is 5.95. The summed E-state index contributed by atoms with van der Waals surface area (Å²) in [6.07, 6.45) is 4.06. The number of rotatable bonds is 14. The number of nitrogens with one attached hydrogen (secondary N) is 2. The first-order valence-corrected chi connectivity index (χ1v) is 13.8. The molecule has 0 radical (unpaired) electrons. The Morgan fingerprint density at radius 2 is 1.71 bits per heavy atom. The zero-order valence-electron chi connectivity index (χ0n) is 24.6. The normalized spacial score (nSPS) is 18.9. The van der Waals surface area contributed by atoms with Crippen molar-refractivity contribution in [1.82, 2.24) is 15.5 Å². The molecule has 0 aliphatic carbocycles. The maximum absolute atomic E-state index is 13.8. The third-order valence-electron chi connectivity index (χ3n) is 6.56. The summed E-state index contributed by atoms with van der Waals surface area (Å²) >= 11 is 0. The van der Waals surface area contributed by atoms with Crippen LogP contribution in [0.4, 0.5) is 4.79 Å². The first-order chi connectivity index (χ1) is 17.8. The molecule has 1 aliphatic heterocycles. The summed E-state index contributed by atoms with van der Waals surface area (Å²) < 4.78 is 15.8. The minimum absolute atomic E-state index is 0.0545. The van der Waals surface area contributed by atoms with Crippen LogP contribution in [0.1, 0.15) is 87.0 Å². The van der Waals surface area contributed by atoms with Gasteiger partial charge in [-0.3, -0.25) is 9.59 Å². The molecule has 1 heterocycles. The van der Waals surface area contributed by atoms with Crippen LogP contribution in [0.15, 0.2) is 12.3 Å². The van der Waals surface area contributed by atoms with Gasteiger partial charge in [-0.25, -0.2) is 9.59 Å². The summed E-state index contributed by atoms with van der Waals surface area (Å²) in [4.78, 5) is 53.9. The molecule has 0 aromatic carbocycles. The van der Waals surface area contributed by atoms with Crippen LogP contribution in [-0.4, -0.2) is 72.8 Å². The molecule has 1 rings (SSSR count). The number of hydrogen-bond acceptors (Lipinski definition) is 7. The lowest BCUT2D eigenvalue weighted by atomic mass is 9.88. The topological polar surface area (TPSA) is 123 Å². The Morgan fingerprint density at radius 1 is 1.05 bits per heavy atom. The molecule has 1 saturated heterocycles. The fourth-order valence-corrected chi connectivity index (χ4v) is 4.66. The van der Waals surface area contributed by atoms with E-state index in [4.69, 9.17) is 14.2 Å². The molecule has 0 bridgehead atoms. The number of carbonyl (C=O) groups excluding carboxylic acids is 4. The largest absolute Gasteiger partial charge is 0.496 e. The highest BCUT2D eigenvalue weighted by Crippen LogP contribution is 2.32. The number of hydrogen-bond donors (Lipinski definition) is 2. The molecule has 10 heteroatoms. The molecular weight excluding hydrogens is 490 g/mol. The molecule has 1 fully saturated rings. The average molecular weight is 540 g/mol. The number of methoxy groups -OCH3 is 1. The number of unbranched alkanes of at least 4 members (excludes halogenated alkanes) is 3. The SMILES string of the molecule is C=C(OCC)[C@H](NC(=O)OC(C)(C)C)C(=O)N1CC[C@H](C(C)C)[C@H]1C(=O)N[C@@H](CCCCCC)C(=O)OC. The van der Waals surface area contributed by atoms with E-state index in [0.29, 0.717) is 19.4 Å². The highest BCUT2D eigenvalue weighted by Gasteiger charge is 2.46. The van der Waals surface area contributed by atoms with Crippen LogP contribution >= 0.6 is 0 Å². The quantitative estimate of drug-likeness (QED) is 0.195. The van der Waals surface area contributed by atoms with Crippen molar-refractivity contribution in [3.05, 3.63) is 12.3 Å². The third kappa shape index (κ3) is 10.2. The van der Waals surface area contributed by atoms with Crippen LogP contribution < -0.4 is 10.6 Å². The van der Waals surface area contributed by atoms with E-state index in [-0.39, 0.29) is 24.2 Å². The lowest BCUT2D eigenvalue weighted by molar-refractivity contribution is -0.147. The standard InChI is InChI=1S/C28H49N3O7/c1-10-12-13-14-15-21(26(34)36-9)29-24(32)23-20(18(3)4)16-17-31(23)25(33)22(19(5)37-11-2)30-27(35)38-28(6,7)8/h18,20-23H,5,10-17H2,1-4,6-9H3,(H,29,32)(H,30,35)/t20-,21+,22+,23+/m1/s1. The summed E-state index contributed by atoms with van der Waals surface area (Å²) in [7, 11) is 1.29. The van der Waals surface area contributed by atoms with Gasteiger partial charge in [-0.2, -0.15) is 0 Å². The molecule has 0 aromatic rings. The summed E-state index contributed by atoms with van der Waals surface area (Å²) in [6, 6.07) is -2.87. The number of amides is 3. The lowest BCUT2D eigenvalue weighted by Gasteiger charge is -2.33. The zero-order chi connectivity index (χ0) is 29.0. The van der Waals surface area contributed by atoms with Crippen molar-refractivity contribution in [2.24, 2.45) is 11.8 Å². The van der Waals surface area contributed by atoms with Crippen LogP contribution in [-0.2, 0) is 28.6 Å². The molecule has 0 saturated carbocycles. The molecule has 38 heavy (non-hydrogen) atoms. The van der Waals surface area contributed by atoms with E-state index < -0.39 is 47.6 Å². The molecular formula is C28H49N3O7. The molecule has 0 unspecified atom stereocenters. The number of carbonyl (C=O) groups is 4. The zero-order valence-corrected chi connectivity index (χ0v) is 24.6. The van der Waals surface area contributed by atoms with Gasteiger partial charge in [0, 0.05) is 6.54 Å². The molecule has 0 spiro atoms. The number of alkyl carbamates (subject to hydrolysis) is 1. The summed E-state index contributed by atoms with van der Waals surface area (Å²) in [5.74, 6) is -1.44. The Labute approximate surface area is 228 Å². The number of nitrogens with zero attached hydrogens (tertiary/aromatic N) is 1. The van der Waals surface area contributed by atoms with E-state index in [0.717, 1.165) is 25.7 Å². The van der Waals surface area contributed by atoms with E-state index in [2.05, 4.69) is 24.1 Å². The van der Waals surface area contributed by atoms with Crippen molar-refractivity contribution >= 4 is 23.9 Å². The van der Waals surface area contributed by atoms with Crippen molar-refractivity contribution < 1.29 is 33.4 Å². The minimum Gasteiger partial charge on any atom is -0.496 e. The molecule has 4 atom stereocenters. The van der Waals surface area contributed by atoms with E-state index in [1.54, 1.807) is 27.7 Å². The Morgan fingerprint density at radius 3 is 2.24 bits per heavy atom. The van der Waals surface area contributed by atoms with Crippen LogP contribution in [0.2, 0.25) is 0 Å². The van der Waals surface area contributed by atoms with Crippen molar-refractivity contribution in [3.8, 4) is 0 Å². The average Bonchev–Trinajstić information content (AvgIpc) is 3.28. The predicted molar refractivity (Wildman–Crippen MR) is 145 cm³/mol. The van der Waals surface area contributed by atoms with Crippen LogP contribution in [0.25, 0.3) is 0 Å². The summed E-state index contributed by atoms with van der Waals surface area (Å²) in [5.41, 5.74) is -0.774. The maximum atomic E-state index is 13.8. The molecule has 1 aliphatic rings. The second kappa shape index (κ2) is 15.6. The van der Waals surface area contributed by atoms with Gasteiger partial charge in [-0.05, 0) is 52.4 Å². The molecule has 10 nitrogen and oxygen atoms in total. The molecule has 0 aromatic heterocycles. The Bertz CT molecular complexity index is 822. The smallest absolute Gasteiger partial charge is 0.408 e. The van der Waals surface area contributed by atoms with E-state index in [9.17, 15) is 19.2 Å². The number of likely N-dealkylation sites (tertiary alicyclic amines) is 1. The first kappa shape index (κ1) is 33.2. The van der Waals surface area contributed by atoms with Gasteiger partial charge in [-0.15, -0.1) is 0 Å². The van der Waals surface area contributed by atoms with Gasteiger partial charge in [0.1, 0.15) is 23.4 Å². The molecule has 218 valence electrons. The van der Waals surface area contributed by atoms with Crippen molar-refractivity contribution in [3.63, 3.8) is 0 Å². The van der Waals surface area contributed by atoms with Crippen LogP contribution in [0.5, 0.6) is 0 Å². The van der Waals surface area contributed by atoms with E-state index in [1.807, 2.05) is 13.8 Å². The second-order valence-electron chi connectivity index (χ2n) is 11.1. The molecule has 3 amide bonds. The summed E-state index contributed by atoms with van der Waals surface area (Å²) in [6.45, 7) is 17.4.